The molecule has 0 N–H and O–H groups in total. The van der Waals surface area contributed by atoms with Gasteiger partial charge in [0.05, 0.1) is 16.9 Å². The van der Waals surface area contributed by atoms with E-state index in [0.29, 0.717) is 34.7 Å². The third-order valence-electron chi connectivity index (χ3n) is 5.42. The van der Waals surface area contributed by atoms with Gasteiger partial charge in [0.2, 0.25) is 5.91 Å². The molecule has 6 heteroatoms. The van der Waals surface area contributed by atoms with Gasteiger partial charge in [-0.25, -0.2) is 4.98 Å². The summed E-state index contributed by atoms with van der Waals surface area (Å²) in [6, 6.07) is 14.6. The molecular weight excluding hydrogens is 398 g/mol. The highest BCUT2D eigenvalue weighted by Gasteiger charge is 2.25. The highest BCUT2D eigenvalue weighted by Crippen LogP contribution is 2.24. The Labute approximate surface area is 182 Å². The minimum atomic E-state index is -0.361. The molecule has 0 saturated carbocycles. The second kappa shape index (κ2) is 9.90. The standard InChI is InChI=1S/C24H28ClN3O2/c1-4-5-7-12-22(29)28(16-18-10-8-6-9-11-18)17(2)23-26-21-15-19(25)13-14-20(21)24(30)27(23)3/h6,8-11,13-15,17H,4-5,7,12,16H2,1-3H3/t17-/m1/s1. The molecule has 30 heavy (non-hydrogen) atoms. The largest absolute Gasteiger partial charge is 0.328 e. The molecule has 0 aliphatic heterocycles. The first-order valence-corrected chi connectivity index (χ1v) is 10.8. The van der Waals surface area contributed by atoms with Crippen molar-refractivity contribution in [1.29, 1.82) is 0 Å². The molecule has 0 spiro atoms. The van der Waals surface area contributed by atoms with E-state index >= 15 is 0 Å². The van der Waals surface area contributed by atoms with Crippen molar-refractivity contribution in [2.24, 2.45) is 7.05 Å². The number of carbonyl (C=O) groups excluding carboxylic acids is 1. The van der Waals surface area contributed by atoms with Crippen molar-refractivity contribution in [1.82, 2.24) is 14.5 Å². The fourth-order valence-electron chi connectivity index (χ4n) is 3.67. The van der Waals surface area contributed by atoms with Crippen LogP contribution < -0.4 is 5.56 Å². The van der Waals surface area contributed by atoms with Gasteiger partial charge in [-0.3, -0.25) is 14.2 Å². The molecule has 5 nitrogen and oxygen atoms in total. The summed E-state index contributed by atoms with van der Waals surface area (Å²) in [7, 11) is 1.71. The van der Waals surface area contributed by atoms with Crippen molar-refractivity contribution in [2.75, 3.05) is 0 Å². The maximum atomic E-state index is 13.1. The van der Waals surface area contributed by atoms with E-state index in [1.54, 1.807) is 25.2 Å². The van der Waals surface area contributed by atoms with Crippen LogP contribution in [0.3, 0.4) is 0 Å². The third kappa shape index (κ3) is 4.90. The fraction of sp³-hybridized carbons (Fsp3) is 0.375. The van der Waals surface area contributed by atoms with E-state index in [-0.39, 0.29) is 17.5 Å². The molecular formula is C24H28ClN3O2. The number of unbranched alkanes of at least 4 members (excludes halogenated alkanes) is 2. The van der Waals surface area contributed by atoms with Crippen LogP contribution in [0, 0.1) is 0 Å². The molecule has 0 radical (unpaired) electrons. The Morgan fingerprint density at radius 1 is 1.17 bits per heavy atom. The molecule has 1 heterocycles. The zero-order chi connectivity index (χ0) is 21.7. The lowest BCUT2D eigenvalue weighted by Crippen LogP contribution is -2.36. The highest BCUT2D eigenvalue weighted by atomic mass is 35.5. The van der Waals surface area contributed by atoms with Gasteiger partial charge in [-0.2, -0.15) is 0 Å². The average molecular weight is 426 g/mol. The van der Waals surface area contributed by atoms with E-state index in [1.807, 2.05) is 42.2 Å². The molecule has 3 rings (SSSR count). The van der Waals surface area contributed by atoms with Crippen LogP contribution in [-0.2, 0) is 18.4 Å². The molecule has 0 unspecified atom stereocenters. The summed E-state index contributed by atoms with van der Waals surface area (Å²) >= 11 is 6.12. The van der Waals surface area contributed by atoms with Crippen LogP contribution in [0.2, 0.25) is 5.02 Å². The van der Waals surface area contributed by atoms with Crippen molar-refractivity contribution in [2.45, 2.75) is 52.1 Å². The van der Waals surface area contributed by atoms with Gasteiger partial charge in [0.15, 0.2) is 0 Å². The summed E-state index contributed by atoms with van der Waals surface area (Å²) in [5.74, 6) is 0.620. The SMILES string of the molecule is CCCCCC(=O)N(Cc1ccccc1)[C@H](C)c1nc2cc(Cl)ccc2c(=O)n1C. The summed E-state index contributed by atoms with van der Waals surface area (Å²) in [6.07, 6.45) is 3.42. The minimum absolute atomic E-state index is 0.0697. The summed E-state index contributed by atoms with van der Waals surface area (Å²) < 4.78 is 1.54. The van der Waals surface area contributed by atoms with Crippen LogP contribution in [0.15, 0.2) is 53.3 Å². The number of carbonyl (C=O) groups is 1. The summed E-state index contributed by atoms with van der Waals surface area (Å²) in [6.45, 7) is 4.52. The van der Waals surface area contributed by atoms with E-state index in [9.17, 15) is 9.59 Å². The quantitative estimate of drug-likeness (QED) is 0.463. The van der Waals surface area contributed by atoms with Gasteiger partial charge in [-0.05, 0) is 37.1 Å². The summed E-state index contributed by atoms with van der Waals surface area (Å²) in [5, 5.41) is 1.04. The number of rotatable bonds is 8. The van der Waals surface area contributed by atoms with Crippen molar-refractivity contribution in [3.63, 3.8) is 0 Å². The summed E-state index contributed by atoms with van der Waals surface area (Å²) in [5.41, 5.74) is 1.45. The Bertz CT molecular complexity index is 1080. The molecule has 1 aromatic heterocycles. The van der Waals surface area contributed by atoms with Gasteiger partial charge < -0.3 is 4.90 Å². The lowest BCUT2D eigenvalue weighted by atomic mass is 10.1. The van der Waals surface area contributed by atoms with Gasteiger partial charge in [-0.1, -0.05) is 61.7 Å². The Morgan fingerprint density at radius 2 is 1.90 bits per heavy atom. The van der Waals surface area contributed by atoms with Crippen molar-refractivity contribution in [3.05, 3.63) is 75.3 Å². The van der Waals surface area contributed by atoms with Crippen LogP contribution >= 0.6 is 11.6 Å². The number of amides is 1. The van der Waals surface area contributed by atoms with E-state index < -0.39 is 0 Å². The Kier molecular flexibility index (Phi) is 7.27. The Morgan fingerprint density at radius 3 is 2.60 bits per heavy atom. The lowest BCUT2D eigenvalue weighted by molar-refractivity contribution is -0.134. The maximum Gasteiger partial charge on any atom is 0.261 e. The first-order chi connectivity index (χ1) is 14.4. The molecule has 1 amide bonds. The van der Waals surface area contributed by atoms with Crippen molar-refractivity contribution < 1.29 is 4.79 Å². The molecule has 0 aliphatic rings. The molecule has 2 aromatic carbocycles. The fourth-order valence-corrected chi connectivity index (χ4v) is 3.83. The smallest absolute Gasteiger partial charge is 0.261 e. The van der Waals surface area contributed by atoms with E-state index in [0.717, 1.165) is 24.8 Å². The predicted octanol–water partition coefficient (Wildman–Crippen LogP) is 5.26. The molecule has 0 saturated heterocycles. The first kappa shape index (κ1) is 22.0. The number of aromatic nitrogens is 2. The molecule has 3 aromatic rings. The molecule has 0 fully saturated rings. The zero-order valence-corrected chi connectivity index (χ0v) is 18.5. The molecule has 1 atom stereocenters. The van der Waals surface area contributed by atoms with Crippen molar-refractivity contribution in [3.8, 4) is 0 Å². The number of halogens is 1. The lowest BCUT2D eigenvalue weighted by Gasteiger charge is -2.30. The first-order valence-electron chi connectivity index (χ1n) is 10.4. The molecule has 0 aliphatic carbocycles. The number of benzene rings is 2. The van der Waals surface area contributed by atoms with Gasteiger partial charge in [0.1, 0.15) is 5.82 Å². The number of hydrogen-bond donors (Lipinski definition) is 0. The normalized spacial score (nSPS) is 12.1. The predicted molar refractivity (Wildman–Crippen MR) is 122 cm³/mol. The van der Waals surface area contributed by atoms with E-state index in [1.165, 1.54) is 4.57 Å². The number of fused-ring (bicyclic) bond motifs is 1. The Balaban J connectivity index is 2.00. The van der Waals surface area contributed by atoms with Gasteiger partial charge in [-0.15, -0.1) is 0 Å². The molecule has 0 bridgehead atoms. The van der Waals surface area contributed by atoms with Crippen molar-refractivity contribution >= 4 is 28.4 Å². The van der Waals surface area contributed by atoms with Gasteiger partial charge in [0, 0.05) is 25.0 Å². The second-order valence-corrected chi connectivity index (χ2v) is 8.07. The number of hydrogen-bond acceptors (Lipinski definition) is 3. The zero-order valence-electron chi connectivity index (χ0n) is 17.8. The second-order valence-electron chi connectivity index (χ2n) is 7.64. The Hall–Kier alpha value is -2.66. The monoisotopic (exact) mass is 425 g/mol. The topological polar surface area (TPSA) is 55.2 Å². The summed E-state index contributed by atoms with van der Waals surface area (Å²) in [4.78, 5) is 32.6. The number of nitrogens with zero attached hydrogens (tertiary/aromatic N) is 3. The van der Waals surface area contributed by atoms with Crippen LogP contribution in [0.4, 0.5) is 0 Å². The van der Waals surface area contributed by atoms with Gasteiger partial charge >= 0.3 is 0 Å². The van der Waals surface area contributed by atoms with Crippen LogP contribution in [-0.4, -0.2) is 20.4 Å². The van der Waals surface area contributed by atoms with Crippen LogP contribution in [0.5, 0.6) is 0 Å². The third-order valence-corrected chi connectivity index (χ3v) is 5.66. The highest BCUT2D eigenvalue weighted by molar-refractivity contribution is 6.31. The van der Waals surface area contributed by atoms with Crippen LogP contribution in [0.25, 0.3) is 10.9 Å². The van der Waals surface area contributed by atoms with E-state index in [4.69, 9.17) is 16.6 Å². The van der Waals surface area contributed by atoms with Crippen LogP contribution in [0.1, 0.15) is 57.0 Å². The maximum absolute atomic E-state index is 13.1. The van der Waals surface area contributed by atoms with Gasteiger partial charge in [0.25, 0.3) is 5.56 Å². The average Bonchev–Trinajstić information content (AvgIpc) is 2.74. The minimum Gasteiger partial charge on any atom is -0.328 e. The van der Waals surface area contributed by atoms with E-state index in [2.05, 4.69) is 6.92 Å². The molecule has 158 valence electrons.